The predicted octanol–water partition coefficient (Wildman–Crippen LogP) is 1.15. The van der Waals surface area contributed by atoms with Crippen molar-refractivity contribution in [1.82, 2.24) is 10.2 Å². The molecule has 0 aromatic carbocycles. The van der Waals surface area contributed by atoms with Crippen LogP contribution in [0.1, 0.15) is 33.6 Å². The van der Waals surface area contributed by atoms with Gasteiger partial charge in [-0.1, -0.05) is 0 Å². The fraction of sp³-hybridized carbons (Fsp3) is 0.857. The Balaban J connectivity index is 2.45. The maximum Gasteiger partial charge on any atom is 0.324 e. The second-order valence-electron chi connectivity index (χ2n) is 5.61. The van der Waals surface area contributed by atoms with Gasteiger partial charge in [0.15, 0.2) is 0 Å². The van der Waals surface area contributed by atoms with Gasteiger partial charge in [0.25, 0.3) is 0 Å². The van der Waals surface area contributed by atoms with Crippen molar-refractivity contribution in [2.24, 2.45) is 5.41 Å². The summed E-state index contributed by atoms with van der Waals surface area (Å²) in [6.07, 6.45) is 1.78. The number of rotatable bonds is 6. The van der Waals surface area contributed by atoms with Gasteiger partial charge in [0, 0.05) is 19.6 Å². The standard InChI is InChI=1S/C14H25N3O2/c1-4-19-13(18)12-10-16-7-9-17(12)8-5-6-14(2,3)11-15/h12,16H,4-10H2,1-3H3. The molecule has 1 saturated heterocycles. The molecule has 108 valence electrons. The second-order valence-corrected chi connectivity index (χ2v) is 5.61. The van der Waals surface area contributed by atoms with Crippen LogP contribution in [-0.4, -0.2) is 49.7 Å². The molecule has 1 heterocycles. The van der Waals surface area contributed by atoms with Crippen LogP contribution in [0.4, 0.5) is 0 Å². The number of nitriles is 1. The first-order valence-electron chi connectivity index (χ1n) is 7.03. The molecule has 1 unspecified atom stereocenters. The molecule has 5 nitrogen and oxygen atoms in total. The summed E-state index contributed by atoms with van der Waals surface area (Å²) in [6.45, 7) is 9.41. The van der Waals surface area contributed by atoms with E-state index in [1.165, 1.54) is 0 Å². The lowest BCUT2D eigenvalue weighted by atomic mass is 9.89. The van der Waals surface area contributed by atoms with Crippen LogP contribution >= 0.6 is 0 Å². The highest BCUT2D eigenvalue weighted by Gasteiger charge is 2.29. The highest BCUT2D eigenvalue weighted by molar-refractivity contribution is 5.76. The summed E-state index contributed by atoms with van der Waals surface area (Å²) in [5, 5.41) is 12.2. The maximum absolute atomic E-state index is 11.9. The summed E-state index contributed by atoms with van der Waals surface area (Å²) in [6, 6.07) is 2.13. The van der Waals surface area contributed by atoms with Crippen molar-refractivity contribution in [3.63, 3.8) is 0 Å². The average molecular weight is 267 g/mol. The monoisotopic (exact) mass is 267 g/mol. The second kappa shape index (κ2) is 7.46. The van der Waals surface area contributed by atoms with E-state index in [4.69, 9.17) is 10.00 Å². The van der Waals surface area contributed by atoms with Gasteiger partial charge in [-0.05, 0) is 40.2 Å². The first-order chi connectivity index (χ1) is 9.00. The Morgan fingerprint density at radius 1 is 1.58 bits per heavy atom. The predicted molar refractivity (Wildman–Crippen MR) is 73.5 cm³/mol. The lowest BCUT2D eigenvalue weighted by molar-refractivity contribution is -0.150. The van der Waals surface area contributed by atoms with Crippen LogP contribution in [0.15, 0.2) is 0 Å². The van der Waals surface area contributed by atoms with Crippen LogP contribution in [0.25, 0.3) is 0 Å². The van der Waals surface area contributed by atoms with Crippen LogP contribution in [0, 0.1) is 16.7 Å². The van der Waals surface area contributed by atoms with E-state index in [0.29, 0.717) is 13.2 Å². The van der Waals surface area contributed by atoms with Crippen LogP contribution < -0.4 is 5.32 Å². The normalized spacial score (nSPS) is 20.8. The molecule has 0 amide bonds. The first-order valence-corrected chi connectivity index (χ1v) is 7.03. The molecule has 1 N–H and O–H groups in total. The largest absolute Gasteiger partial charge is 0.465 e. The molecule has 1 atom stereocenters. The number of nitrogens with one attached hydrogen (secondary N) is 1. The summed E-state index contributed by atoms with van der Waals surface area (Å²) in [5.74, 6) is -0.144. The third kappa shape index (κ3) is 5.17. The van der Waals surface area contributed by atoms with E-state index in [2.05, 4.69) is 16.3 Å². The van der Waals surface area contributed by atoms with Crippen LogP contribution in [0.2, 0.25) is 0 Å². The summed E-state index contributed by atoms with van der Waals surface area (Å²) >= 11 is 0. The van der Waals surface area contributed by atoms with Gasteiger partial charge in [0.2, 0.25) is 0 Å². The summed E-state index contributed by atoms with van der Waals surface area (Å²) in [4.78, 5) is 14.0. The van der Waals surface area contributed by atoms with Crippen molar-refractivity contribution < 1.29 is 9.53 Å². The van der Waals surface area contributed by atoms with E-state index in [-0.39, 0.29) is 17.4 Å². The van der Waals surface area contributed by atoms with E-state index in [0.717, 1.165) is 32.5 Å². The Morgan fingerprint density at radius 2 is 2.32 bits per heavy atom. The Hall–Kier alpha value is -1.12. The Kier molecular flexibility index (Phi) is 6.26. The molecule has 1 aliphatic rings. The van der Waals surface area contributed by atoms with Crippen molar-refractivity contribution in [3.8, 4) is 6.07 Å². The minimum Gasteiger partial charge on any atom is -0.465 e. The van der Waals surface area contributed by atoms with Gasteiger partial charge in [-0.2, -0.15) is 5.26 Å². The quantitative estimate of drug-likeness (QED) is 0.731. The Bertz CT molecular complexity index is 336. The zero-order chi connectivity index (χ0) is 14.3. The van der Waals surface area contributed by atoms with Gasteiger partial charge < -0.3 is 10.1 Å². The van der Waals surface area contributed by atoms with Gasteiger partial charge in [0.1, 0.15) is 6.04 Å². The summed E-state index contributed by atoms with van der Waals surface area (Å²) in [7, 11) is 0. The van der Waals surface area contributed by atoms with Gasteiger partial charge in [-0.25, -0.2) is 0 Å². The fourth-order valence-corrected chi connectivity index (χ4v) is 2.26. The van der Waals surface area contributed by atoms with E-state index in [1.54, 1.807) is 0 Å². The molecule has 0 aliphatic carbocycles. The number of carbonyl (C=O) groups is 1. The van der Waals surface area contributed by atoms with Gasteiger partial charge in [-0.15, -0.1) is 0 Å². The highest BCUT2D eigenvalue weighted by atomic mass is 16.5. The highest BCUT2D eigenvalue weighted by Crippen LogP contribution is 2.21. The van der Waals surface area contributed by atoms with E-state index in [1.807, 2.05) is 20.8 Å². The first kappa shape index (κ1) is 15.9. The molecule has 0 spiro atoms. The molecule has 0 saturated carbocycles. The topological polar surface area (TPSA) is 65.4 Å². The fourth-order valence-electron chi connectivity index (χ4n) is 2.26. The minimum absolute atomic E-state index is 0.144. The summed E-state index contributed by atoms with van der Waals surface area (Å²) < 4.78 is 5.11. The van der Waals surface area contributed by atoms with Gasteiger partial charge in [-0.3, -0.25) is 9.69 Å². The van der Waals surface area contributed by atoms with E-state index >= 15 is 0 Å². The molecule has 5 heteroatoms. The van der Waals surface area contributed by atoms with Crippen LogP contribution in [-0.2, 0) is 9.53 Å². The van der Waals surface area contributed by atoms with Gasteiger partial charge >= 0.3 is 5.97 Å². The number of ether oxygens (including phenoxy) is 1. The van der Waals surface area contributed by atoms with Crippen LogP contribution in [0.3, 0.4) is 0 Å². The molecule has 0 aromatic rings. The Labute approximate surface area is 115 Å². The van der Waals surface area contributed by atoms with Crippen molar-refractivity contribution in [1.29, 1.82) is 5.26 Å². The van der Waals surface area contributed by atoms with Crippen molar-refractivity contribution in [2.75, 3.05) is 32.8 Å². The smallest absolute Gasteiger partial charge is 0.324 e. The molecule has 1 rings (SSSR count). The lowest BCUT2D eigenvalue weighted by Crippen LogP contribution is -2.55. The number of hydrogen-bond acceptors (Lipinski definition) is 5. The Morgan fingerprint density at radius 3 is 2.95 bits per heavy atom. The molecule has 0 radical (unpaired) electrons. The number of piperazine rings is 1. The molecule has 1 fully saturated rings. The van der Waals surface area contributed by atoms with Gasteiger partial charge in [0.05, 0.1) is 18.1 Å². The minimum atomic E-state index is -0.284. The lowest BCUT2D eigenvalue weighted by Gasteiger charge is -2.34. The molecular weight excluding hydrogens is 242 g/mol. The molecule has 19 heavy (non-hydrogen) atoms. The third-order valence-corrected chi connectivity index (χ3v) is 3.46. The van der Waals surface area contributed by atoms with Crippen molar-refractivity contribution in [3.05, 3.63) is 0 Å². The molecule has 0 aromatic heterocycles. The van der Waals surface area contributed by atoms with Crippen LogP contribution in [0.5, 0.6) is 0 Å². The van der Waals surface area contributed by atoms with E-state index < -0.39 is 0 Å². The molecular formula is C14H25N3O2. The van der Waals surface area contributed by atoms with E-state index in [9.17, 15) is 4.79 Å². The SMILES string of the molecule is CCOC(=O)C1CNCCN1CCCC(C)(C)C#N. The number of carbonyl (C=O) groups excluding carboxylic acids is 1. The number of hydrogen-bond donors (Lipinski definition) is 1. The van der Waals surface area contributed by atoms with Crippen molar-refractivity contribution >= 4 is 5.97 Å². The molecule has 0 bridgehead atoms. The zero-order valence-corrected chi connectivity index (χ0v) is 12.2. The van der Waals surface area contributed by atoms with Crippen molar-refractivity contribution in [2.45, 2.75) is 39.7 Å². The summed E-state index contributed by atoms with van der Waals surface area (Å²) in [5.41, 5.74) is -0.284. The zero-order valence-electron chi connectivity index (χ0n) is 12.2. The maximum atomic E-state index is 11.9. The number of esters is 1. The number of nitrogens with zero attached hydrogens (tertiary/aromatic N) is 2. The molecule has 1 aliphatic heterocycles. The average Bonchev–Trinajstić information content (AvgIpc) is 2.39. The third-order valence-electron chi connectivity index (χ3n) is 3.46.